The van der Waals surface area contributed by atoms with Crippen LogP contribution in [0.1, 0.15) is 23.5 Å². The molecule has 0 bridgehead atoms. The number of sulfonamides is 1. The van der Waals surface area contributed by atoms with E-state index in [2.05, 4.69) is 15.6 Å². The number of benzene rings is 1. The van der Waals surface area contributed by atoms with Crippen LogP contribution in [0.15, 0.2) is 46.3 Å². The summed E-state index contributed by atoms with van der Waals surface area (Å²) in [6.07, 6.45) is -0.720. The molecule has 1 aromatic carbocycles. The van der Waals surface area contributed by atoms with Gasteiger partial charge in [-0.15, -0.1) is 35.3 Å². The minimum atomic E-state index is -3.56. The molecule has 2 aromatic rings. The molecule has 0 saturated heterocycles. The molecule has 0 aliphatic rings. The van der Waals surface area contributed by atoms with Crippen molar-refractivity contribution in [2.24, 2.45) is 4.99 Å². The first-order valence-electron chi connectivity index (χ1n) is 8.71. The van der Waals surface area contributed by atoms with Crippen LogP contribution >= 0.6 is 46.9 Å². The first-order valence-corrected chi connectivity index (χ1v) is 11.3. The average molecular weight is 573 g/mol. The van der Waals surface area contributed by atoms with Crippen molar-refractivity contribution in [2.45, 2.75) is 24.5 Å². The molecule has 3 N–H and O–H groups in total. The zero-order valence-corrected chi connectivity index (χ0v) is 21.1. The predicted octanol–water partition coefficient (Wildman–Crippen LogP) is 3.06. The summed E-state index contributed by atoms with van der Waals surface area (Å²) in [6, 6.07) is 10.3. The summed E-state index contributed by atoms with van der Waals surface area (Å²) >= 11 is 7.23. The van der Waals surface area contributed by atoms with Crippen LogP contribution in [0.5, 0.6) is 0 Å². The smallest absolute Gasteiger partial charge is 0.242 e. The SMILES string of the molecule is CCNC(=NCc1ccccc1S(=O)(=O)N(C)C)NCC(O)c1ccc(Cl)s1.I. The first-order chi connectivity index (χ1) is 13.3. The lowest BCUT2D eigenvalue weighted by Gasteiger charge is -2.16. The summed E-state index contributed by atoms with van der Waals surface area (Å²) in [5.41, 5.74) is 0.596. The van der Waals surface area contributed by atoms with Crippen LogP contribution in [0.3, 0.4) is 0 Å². The van der Waals surface area contributed by atoms with Crippen molar-refractivity contribution in [1.29, 1.82) is 0 Å². The van der Waals surface area contributed by atoms with E-state index in [1.807, 2.05) is 6.92 Å². The molecule has 0 amide bonds. The summed E-state index contributed by atoms with van der Waals surface area (Å²) in [5.74, 6) is 0.487. The highest BCUT2D eigenvalue weighted by Gasteiger charge is 2.20. The van der Waals surface area contributed by atoms with Crippen molar-refractivity contribution in [1.82, 2.24) is 14.9 Å². The van der Waals surface area contributed by atoms with Crippen LogP contribution < -0.4 is 10.6 Å². The Hall–Kier alpha value is -0.920. The molecular weight excluding hydrogens is 547 g/mol. The molecule has 0 fully saturated rings. The van der Waals surface area contributed by atoms with Gasteiger partial charge in [0.1, 0.15) is 6.10 Å². The number of aliphatic imine (C=N–C) groups is 1. The molecular formula is C18H26ClIN4O3S2. The van der Waals surface area contributed by atoms with E-state index in [0.29, 0.717) is 22.4 Å². The average Bonchev–Trinajstić information content (AvgIpc) is 3.10. The maximum Gasteiger partial charge on any atom is 0.242 e. The second-order valence-electron chi connectivity index (χ2n) is 6.13. The van der Waals surface area contributed by atoms with E-state index < -0.39 is 16.1 Å². The first kappa shape index (κ1) is 26.1. The number of halogens is 2. The largest absolute Gasteiger partial charge is 0.386 e. The maximum absolute atomic E-state index is 12.5. The summed E-state index contributed by atoms with van der Waals surface area (Å²) in [4.78, 5) is 5.46. The van der Waals surface area contributed by atoms with Crippen molar-refractivity contribution in [3.8, 4) is 0 Å². The minimum Gasteiger partial charge on any atom is -0.386 e. The fourth-order valence-corrected chi connectivity index (χ4v) is 4.54. The van der Waals surface area contributed by atoms with Crippen molar-refractivity contribution in [3.63, 3.8) is 0 Å². The third kappa shape index (κ3) is 7.37. The molecule has 0 aliphatic heterocycles. The number of aliphatic hydroxyl groups is 1. The number of hydrogen-bond acceptors (Lipinski definition) is 5. The summed E-state index contributed by atoms with van der Waals surface area (Å²) in [6.45, 7) is 2.99. The second-order valence-corrected chi connectivity index (χ2v) is 10.00. The number of nitrogens with zero attached hydrogens (tertiary/aromatic N) is 2. The summed E-state index contributed by atoms with van der Waals surface area (Å²) in [5, 5.41) is 16.4. The van der Waals surface area contributed by atoms with E-state index in [1.165, 1.54) is 29.7 Å². The lowest BCUT2D eigenvalue weighted by Crippen LogP contribution is -2.39. The van der Waals surface area contributed by atoms with Gasteiger partial charge in [0.2, 0.25) is 10.0 Å². The van der Waals surface area contributed by atoms with Crippen LogP contribution in [0.25, 0.3) is 0 Å². The number of aliphatic hydroxyl groups excluding tert-OH is 1. The van der Waals surface area contributed by atoms with E-state index in [9.17, 15) is 13.5 Å². The number of rotatable bonds is 8. The molecule has 1 aromatic heterocycles. The van der Waals surface area contributed by atoms with Crippen molar-refractivity contribution in [2.75, 3.05) is 27.2 Å². The third-order valence-corrected chi connectivity index (χ3v) is 7.12. The van der Waals surface area contributed by atoms with E-state index in [-0.39, 0.29) is 42.0 Å². The van der Waals surface area contributed by atoms with Gasteiger partial charge in [-0.1, -0.05) is 29.8 Å². The van der Waals surface area contributed by atoms with Gasteiger partial charge in [0.15, 0.2) is 5.96 Å². The Morgan fingerprint density at radius 3 is 2.52 bits per heavy atom. The highest BCUT2D eigenvalue weighted by atomic mass is 127. The standard InChI is InChI=1S/C18H25ClN4O3S2.HI/c1-4-20-18(22-12-14(24)15-9-10-17(19)27-15)21-11-13-7-5-6-8-16(13)28(25,26)23(2)3;/h5-10,14,24H,4,11-12H2,1-3H3,(H2,20,21,22);1H. The van der Waals surface area contributed by atoms with E-state index >= 15 is 0 Å². The molecule has 0 aliphatic carbocycles. The van der Waals surface area contributed by atoms with E-state index in [4.69, 9.17) is 11.6 Å². The van der Waals surface area contributed by atoms with E-state index in [0.717, 1.165) is 4.88 Å². The quantitative estimate of drug-likeness (QED) is 0.257. The normalized spacial score (nSPS) is 13.1. The molecule has 1 unspecified atom stereocenters. The van der Waals surface area contributed by atoms with Gasteiger partial charge in [0.25, 0.3) is 0 Å². The van der Waals surface area contributed by atoms with Gasteiger partial charge < -0.3 is 15.7 Å². The topological polar surface area (TPSA) is 94.0 Å². The Kier molecular flexibility index (Phi) is 10.9. The molecule has 162 valence electrons. The fourth-order valence-electron chi connectivity index (χ4n) is 2.39. The van der Waals surface area contributed by atoms with Gasteiger partial charge in [-0.3, -0.25) is 0 Å². The molecule has 0 radical (unpaired) electrons. The van der Waals surface area contributed by atoms with Crippen LogP contribution in [0.4, 0.5) is 0 Å². The molecule has 7 nitrogen and oxygen atoms in total. The Morgan fingerprint density at radius 1 is 1.24 bits per heavy atom. The van der Waals surface area contributed by atoms with E-state index in [1.54, 1.807) is 36.4 Å². The molecule has 0 spiro atoms. The highest BCUT2D eigenvalue weighted by molar-refractivity contribution is 14.0. The monoisotopic (exact) mass is 572 g/mol. The Bertz CT molecular complexity index is 919. The van der Waals surface area contributed by atoms with Crippen LogP contribution in [-0.2, 0) is 16.6 Å². The zero-order chi connectivity index (χ0) is 20.7. The summed E-state index contributed by atoms with van der Waals surface area (Å²) in [7, 11) is -0.557. The lowest BCUT2D eigenvalue weighted by atomic mass is 10.2. The zero-order valence-electron chi connectivity index (χ0n) is 16.4. The Balaban J connectivity index is 0.00000420. The number of thiophene rings is 1. The van der Waals surface area contributed by atoms with Gasteiger partial charge in [0, 0.05) is 32.1 Å². The number of guanidine groups is 1. The van der Waals surface area contributed by atoms with Crippen LogP contribution in [-0.4, -0.2) is 51.0 Å². The van der Waals surface area contributed by atoms with Crippen LogP contribution in [0, 0.1) is 0 Å². The molecule has 29 heavy (non-hydrogen) atoms. The molecule has 2 rings (SSSR count). The van der Waals surface area contributed by atoms with Crippen LogP contribution in [0.2, 0.25) is 4.34 Å². The number of nitrogens with one attached hydrogen (secondary N) is 2. The summed E-state index contributed by atoms with van der Waals surface area (Å²) < 4.78 is 26.8. The fraction of sp³-hybridized carbons (Fsp3) is 0.389. The minimum absolute atomic E-state index is 0. The highest BCUT2D eigenvalue weighted by Crippen LogP contribution is 2.26. The van der Waals surface area contributed by atoms with Crippen molar-refractivity contribution < 1.29 is 13.5 Å². The lowest BCUT2D eigenvalue weighted by molar-refractivity contribution is 0.184. The molecule has 1 atom stereocenters. The predicted molar refractivity (Wildman–Crippen MR) is 130 cm³/mol. The van der Waals surface area contributed by atoms with Gasteiger partial charge in [-0.2, -0.15) is 0 Å². The maximum atomic E-state index is 12.5. The van der Waals surface area contributed by atoms with Gasteiger partial charge in [0.05, 0.1) is 15.8 Å². The van der Waals surface area contributed by atoms with Crippen molar-refractivity contribution in [3.05, 3.63) is 51.2 Å². The van der Waals surface area contributed by atoms with Gasteiger partial charge in [-0.05, 0) is 30.7 Å². The Morgan fingerprint density at radius 2 is 1.93 bits per heavy atom. The van der Waals surface area contributed by atoms with Crippen molar-refractivity contribution >= 4 is 62.9 Å². The number of hydrogen-bond donors (Lipinski definition) is 3. The second kappa shape index (κ2) is 12.1. The molecule has 0 saturated carbocycles. The molecule has 1 heterocycles. The molecule has 11 heteroatoms. The Labute approximate surface area is 198 Å². The van der Waals surface area contributed by atoms with Gasteiger partial charge in [-0.25, -0.2) is 17.7 Å². The van der Waals surface area contributed by atoms with Gasteiger partial charge >= 0.3 is 0 Å². The third-order valence-electron chi connectivity index (χ3n) is 3.87.